The summed E-state index contributed by atoms with van der Waals surface area (Å²) < 4.78 is 11.1. The minimum absolute atomic E-state index is 0.0399. The fraction of sp³-hybridized carbons (Fsp3) is 0.526. The first-order valence-electron chi connectivity index (χ1n) is 8.79. The van der Waals surface area contributed by atoms with Gasteiger partial charge < -0.3 is 9.15 Å². The van der Waals surface area contributed by atoms with Crippen molar-refractivity contribution < 1.29 is 9.15 Å². The van der Waals surface area contributed by atoms with E-state index >= 15 is 0 Å². The van der Waals surface area contributed by atoms with Gasteiger partial charge in [0, 0.05) is 43.3 Å². The molecule has 1 aromatic heterocycles. The highest BCUT2D eigenvalue weighted by atomic mass is 16.5. The van der Waals surface area contributed by atoms with Gasteiger partial charge in [-0.3, -0.25) is 14.6 Å². The van der Waals surface area contributed by atoms with E-state index in [1.807, 2.05) is 18.2 Å². The molecule has 1 aromatic carbocycles. The summed E-state index contributed by atoms with van der Waals surface area (Å²) in [5.41, 5.74) is 1.79. The van der Waals surface area contributed by atoms with Crippen LogP contribution in [0.4, 0.5) is 0 Å². The van der Waals surface area contributed by atoms with E-state index in [0.29, 0.717) is 34.8 Å². The summed E-state index contributed by atoms with van der Waals surface area (Å²) in [7, 11) is 1.59. The lowest BCUT2D eigenvalue weighted by Crippen LogP contribution is -2.79. The van der Waals surface area contributed by atoms with Crippen LogP contribution in [-0.4, -0.2) is 48.1 Å². The second-order valence-corrected chi connectivity index (χ2v) is 7.29. The summed E-state index contributed by atoms with van der Waals surface area (Å²) in [6, 6.07) is 6.08. The van der Waals surface area contributed by atoms with Gasteiger partial charge in [0.2, 0.25) is 5.43 Å². The molecule has 24 heavy (non-hydrogen) atoms. The van der Waals surface area contributed by atoms with E-state index < -0.39 is 0 Å². The molecule has 3 aliphatic rings. The standard InChI is InChI=1S/C19H22N2O3/c1-23-14-3-2-4-15-17(14)18(22)13(12-24-15)11-20-9-10-21-8-7-19(21)6-5-16(19)20/h2-4,12,16H,5-11H2,1H3. The molecule has 2 saturated heterocycles. The lowest BCUT2D eigenvalue weighted by molar-refractivity contribution is -0.176. The van der Waals surface area contributed by atoms with Gasteiger partial charge in [-0.05, 0) is 31.4 Å². The van der Waals surface area contributed by atoms with E-state index in [9.17, 15) is 4.79 Å². The number of ether oxygens (including phenoxy) is 1. The first kappa shape index (κ1) is 14.5. The largest absolute Gasteiger partial charge is 0.496 e. The number of fused-ring (bicyclic) bond motifs is 1. The molecule has 0 bridgehead atoms. The van der Waals surface area contributed by atoms with Crippen LogP contribution in [-0.2, 0) is 6.54 Å². The van der Waals surface area contributed by atoms with Gasteiger partial charge in [0.1, 0.15) is 16.7 Å². The summed E-state index contributed by atoms with van der Waals surface area (Å²) in [4.78, 5) is 18.1. The van der Waals surface area contributed by atoms with Crippen LogP contribution in [0.3, 0.4) is 0 Å². The first-order chi connectivity index (χ1) is 11.7. The van der Waals surface area contributed by atoms with Crippen LogP contribution < -0.4 is 10.2 Å². The van der Waals surface area contributed by atoms with Gasteiger partial charge in [-0.1, -0.05) is 6.07 Å². The van der Waals surface area contributed by atoms with Gasteiger partial charge in [-0.15, -0.1) is 0 Å². The zero-order chi connectivity index (χ0) is 16.3. The van der Waals surface area contributed by atoms with Crippen molar-refractivity contribution in [3.05, 3.63) is 40.2 Å². The Bertz CT molecular complexity index is 857. The molecule has 3 fully saturated rings. The molecule has 5 nitrogen and oxygen atoms in total. The lowest BCUT2D eigenvalue weighted by atomic mass is 9.61. The minimum atomic E-state index is 0.0399. The quantitative estimate of drug-likeness (QED) is 0.865. The fourth-order valence-electron chi connectivity index (χ4n) is 4.96. The number of nitrogens with zero attached hydrogens (tertiary/aromatic N) is 2. The third-order valence-electron chi connectivity index (χ3n) is 6.44. The van der Waals surface area contributed by atoms with Crippen molar-refractivity contribution in [2.24, 2.45) is 0 Å². The normalized spacial score (nSPS) is 29.5. The molecule has 3 heterocycles. The van der Waals surface area contributed by atoms with Crippen molar-refractivity contribution in [3.8, 4) is 5.75 Å². The Labute approximate surface area is 140 Å². The number of hydrogen-bond donors (Lipinski definition) is 0. The maximum atomic E-state index is 13.0. The highest BCUT2D eigenvalue weighted by molar-refractivity contribution is 5.83. The van der Waals surface area contributed by atoms with Crippen molar-refractivity contribution in [1.82, 2.24) is 9.80 Å². The summed E-state index contributed by atoms with van der Waals surface area (Å²) in [6.45, 7) is 4.09. The molecule has 5 rings (SSSR count). The van der Waals surface area contributed by atoms with Crippen LogP contribution in [0.1, 0.15) is 24.8 Å². The van der Waals surface area contributed by atoms with Gasteiger partial charge >= 0.3 is 0 Å². The van der Waals surface area contributed by atoms with Gasteiger partial charge in [0.15, 0.2) is 0 Å². The Hall–Kier alpha value is -1.85. The number of rotatable bonds is 3. The molecule has 2 aromatic rings. The van der Waals surface area contributed by atoms with Crippen LogP contribution >= 0.6 is 0 Å². The van der Waals surface area contributed by atoms with Gasteiger partial charge in [0.05, 0.1) is 13.4 Å². The molecule has 1 saturated carbocycles. The van der Waals surface area contributed by atoms with Crippen molar-refractivity contribution in [2.75, 3.05) is 26.7 Å². The van der Waals surface area contributed by atoms with Crippen molar-refractivity contribution in [2.45, 2.75) is 37.4 Å². The van der Waals surface area contributed by atoms with Crippen LogP contribution in [0.5, 0.6) is 5.75 Å². The molecule has 2 atom stereocenters. The smallest absolute Gasteiger partial charge is 0.200 e. The second kappa shape index (κ2) is 5.07. The Balaban J connectivity index is 1.49. The van der Waals surface area contributed by atoms with Crippen molar-refractivity contribution in [3.63, 3.8) is 0 Å². The molecule has 2 unspecified atom stereocenters. The molecule has 2 aliphatic heterocycles. The lowest BCUT2D eigenvalue weighted by Gasteiger charge is -2.69. The Kier molecular flexibility index (Phi) is 3.06. The molecular weight excluding hydrogens is 304 g/mol. The molecule has 5 heteroatoms. The van der Waals surface area contributed by atoms with Crippen molar-refractivity contribution in [1.29, 1.82) is 0 Å². The predicted octanol–water partition coefficient (Wildman–Crippen LogP) is 2.22. The van der Waals surface area contributed by atoms with E-state index in [1.54, 1.807) is 13.4 Å². The average molecular weight is 326 g/mol. The maximum absolute atomic E-state index is 13.0. The highest BCUT2D eigenvalue weighted by Gasteiger charge is 2.59. The number of methoxy groups -OCH3 is 1. The van der Waals surface area contributed by atoms with E-state index in [1.165, 1.54) is 25.8 Å². The monoisotopic (exact) mass is 326 g/mol. The third-order valence-corrected chi connectivity index (χ3v) is 6.44. The predicted molar refractivity (Wildman–Crippen MR) is 91.4 cm³/mol. The summed E-state index contributed by atoms with van der Waals surface area (Å²) in [5, 5.41) is 0.558. The van der Waals surface area contributed by atoms with E-state index in [0.717, 1.165) is 18.7 Å². The molecule has 0 amide bonds. The molecule has 0 radical (unpaired) electrons. The van der Waals surface area contributed by atoms with E-state index in [2.05, 4.69) is 9.80 Å². The van der Waals surface area contributed by atoms with Crippen molar-refractivity contribution >= 4 is 11.0 Å². The summed E-state index contributed by atoms with van der Waals surface area (Å²) in [5.74, 6) is 0.590. The summed E-state index contributed by atoms with van der Waals surface area (Å²) in [6.07, 6.45) is 5.52. The van der Waals surface area contributed by atoms with Crippen LogP contribution in [0.2, 0.25) is 0 Å². The topological polar surface area (TPSA) is 45.9 Å². The molecule has 126 valence electrons. The highest BCUT2D eigenvalue weighted by Crippen LogP contribution is 2.51. The number of benzene rings is 1. The Morgan fingerprint density at radius 3 is 2.92 bits per heavy atom. The first-order valence-corrected chi connectivity index (χ1v) is 8.79. The SMILES string of the molecule is COc1cccc2occ(CN3CCN4CCC45CCC35)c(=O)c12. The van der Waals surface area contributed by atoms with Gasteiger partial charge in [-0.25, -0.2) is 0 Å². The second-order valence-electron chi connectivity index (χ2n) is 7.29. The third kappa shape index (κ3) is 1.80. The number of hydrogen-bond acceptors (Lipinski definition) is 5. The Morgan fingerprint density at radius 1 is 1.29 bits per heavy atom. The average Bonchev–Trinajstić information content (AvgIpc) is 2.54. The minimum Gasteiger partial charge on any atom is -0.496 e. The van der Waals surface area contributed by atoms with Crippen LogP contribution in [0, 0.1) is 0 Å². The molecule has 0 N–H and O–H groups in total. The summed E-state index contributed by atoms with van der Waals surface area (Å²) >= 11 is 0. The van der Waals surface area contributed by atoms with Gasteiger partial charge in [0.25, 0.3) is 0 Å². The molecule has 1 spiro atoms. The van der Waals surface area contributed by atoms with Crippen LogP contribution in [0.25, 0.3) is 11.0 Å². The van der Waals surface area contributed by atoms with Crippen LogP contribution in [0.15, 0.2) is 33.7 Å². The Morgan fingerprint density at radius 2 is 2.21 bits per heavy atom. The molecular formula is C19H22N2O3. The van der Waals surface area contributed by atoms with Gasteiger partial charge in [-0.2, -0.15) is 0 Å². The fourth-order valence-corrected chi connectivity index (χ4v) is 4.96. The van der Waals surface area contributed by atoms with E-state index in [4.69, 9.17) is 9.15 Å². The zero-order valence-corrected chi connectivity index (χ0v) is 14.0. The maximum Gasteiger partial charge on any atom is 0.200 e. The zero-order valence-electron chi connectivity index (χ0n) is 14.0. The number of piperazine rings is 1. The molecule has 1 aliphatic carbocycles. The van der Waals surface area contributed by atoms with E-state index in [-0.39, 0.29) is 5.43 Å².